The van der Waals surface area contributed by atoms with Gasteiger partial charge in [-0.3, -0.25) is 0 Å². The summed E-state index contributed by atoms with van der Waals surface area (Å²) in [5.41, 5.74) is 0.0512. The van der Waals surface area contributed by atoms with Crippen LogP contribution < -0.4 is 0 Å². The molecule has 14 heavy (non-hydrogen) atoms. The van der Waals surface area contributed by atoms with Crippen LogP contribution in [0.15, 0.2) is 0 Å². The van der Waals surface area contributed by atoms with Gasteiger partial charge in [0, 0.05) is 5.92 Å². The Labute approximate surface area is 88.5 Å². The molecule has 1 fully saturated rings. The van der Waals surface area contributed by atoms with Crippen molar-refractivity contribution in [3.05, 3.63) is 0 Å². The van der Waals surface area contributed by atoms with Crippen LogP contribution in [0.1, 0.15) is 27.7 Å². The van der Waals surface area contributed by atoms with Gasteiger partial charge in [0.1, 0.15) is 12.1 Å². The quantitative estimate of drug-likeness (QED) is 0.639. The van der Waals surface area contributed by atoms with E-state index in [-0.39, 0.29) is 11.5 Å². The molecule has 1 saturated carbocycles. The van der Waals surface area contributed by atoms with Crippen LogP contribution in [0.2, 0.25) is 0 Å². The molecule has 3 unspecified atom stereocenters. The summed E-state index contributed by atoms with van der Waals surface area (Å²) in [5, 5.41) is 10.4. The third-order valence-electron chi connectivity index (χ3n) is 4.48. The minimum Gasteiger partial charge on any atom is -0.386 e. The van der Waals surface area contributed by atoms with Crippen molar-refractivity contribution in [2.75, 3.05) is 21.1 Å². The van der Waals surface area contributed by atoms with Crippen molar-refractivity contribution in [2.45, 2.75) is 39.8 Å². The molecular weight excluding hydrogens is 174 g/mol. The van der Waals surface area contributed by atoms with E-state index in [0.717, 1.165) is 4.48 Å². The Morgan fingerprint density at radius 2 is 1.50 bits per heavy atom. The van der Waals surface area contributed by atoms with Crippen molar-refractivity contribution in [3.63, 3.8) is 0 Å². The fourth-order valence-electron chi connectivity index (χ4n) is 3.10. The van der Waals surface area contributed by atoms with Crippen molar-refractivity contribution in [2.24, 2.45) is 17.3 Å². The molecule has 0 aromatic rings. The van der Waals surface area contributed by atoms with Crippen LogP contribution in [0.25, 0.3) is 0 Å². The molecule has 0 aromatic heterocycles. The van der Waals surface area contributed by atoms with Gasteiger partial charge in [-0.1, -0.05) is 27.7 Å². The number of rotatable bonds is 1. The Balaban J connectivity index is 3.02. The third kappa shape index (κ3) is 1.59. The highest BCUT2D eigenvalue weighted by Crippen LogP contribution is 2.48. The number of quaternary nitrogens is 1. The smallest absolute Gasteiger partial charge is 0.118 e. The van der Waals surface area contributed by atoms with E-state index >= 15 is 0 Å². The van der Waals surface area contributed by atoms with Crippen molar-refractivity contribution in [1.29, 1.82) is 0 Å². The average molecular weight is 200 g/mol. The van der Waals surface area contributed by atoms with Crippen molar-refractivity contribution in [1.82, 2.24) is 0 Å². The van der Waals surface area contributed by atoms with E-state index < -0.39 is 0 Å². The lowest BCUT2D eigenvalue weighted by atomic mass is 9.79. The molecule has 84 valence electrons. The average Bonchev–Trinajstić information content (AvgIpc) is 2.12. The predicted octanol–water partition coefficient (Wildman–Crippen LogP) is 1.73. The second-order valence-corrected chi connectivity index (χ2v) is 6.52. The molecule has 1 N–H and O–H groups in total. The molecule has 1 aliphatic carbocycles. The maximum Gasteiger partial charge on any atom is 0.118 e. The highest BCUT2D eigenvalue weighted by molar-refractivity contribution is 5.00. The summed E-state index contributed by atoms with van der Waals surface area (Å²) in [6.07, 6.45) is -0.188. The standard InChI is InChI=1S/C12H26NO/c1-8-9(2)12(3,4)11(14)10(8)13(5,6)7/h8-11,14H,1-7H3/q+1/t8?,9?,10?,11-/m0/s1. The lowest BCUT2D eigenvalue weighted by molar-refractivity contribution is -0.902. The molecule has 0 radical (unpaired) electrons. The van der Waals surface area contributed by atoms with Crippen LogP contribution >= 0.6 is 0 Å². The zero-order valence-electron chi connectivity index (χ0n) is 10.7. The molecule has 1 rings (SSSR count). The van der Waals surface area contributed by atoms with Gasteiger partial charge in [-0.05, 0) is 11.3 Å². The van der Waals surface area contributed by atoms with E-state index in [1.54, 1.807) is 0 Å². The Morgan fingerprint density at radius 3 is 1.64 bits per heavy atom. The zero-order valence-corrected chi connectivity index (χ0v) is 10.7. The van der Waals surface area contributed by atoms with E-state index in [1.807, 2.05) is 0 Å². The number of nitrogens with zero attached hydrogens (tertiary/aromatic N) is 1. The molecule has 1 aliphatic rings. The predicted molar refractivity (Wildman–Crippen MR) is 59.9 cm³/mol. The van der Waals surface area contributed by atoms with Crippen molar-refractivity contribution in [3.8, 4) is 0 Å². The number of hydrogen-bond acceptors (Lipinski definition) is 1. The maximum atomic E-state index is 10.4. The van der Waals surface area contributed by atoms with Gasteiger partial charge in [0.2, 0.25) is 0 Å². The molecule has 0 bridgehead atoms. The maximum absolute atomic E-state index is 10.4. The minimum absolute atomic E-state index is 0.0512. The van der Waals surface area contributed by atoms with Crippen LogP contribution in [0.3, 0.4) is 0 Å². The number of aliphatic hydroxyl groups excluding tert-OH is 1. The molecule has 0 spiro atoms. The molecule has 0 amide bonds. The summed E-state index contributed by atoms with van der Waals surface area (Å²) in [4.78, 5) is 0. The van der Waals surface area contributed by atoms with Crippen LogP contribution in [0.4, 0.5) is 0 Å². The van der Waals surface area contributed by atoms with E-state index in [4.69, 9.17) is 0 Å². The zero-order chi connectivity index (χ0) is 11.3. The van der Waals surface area contributed by atoms with Crippen LogP contribution in [0, 0.1) is 17.3 Å². The van der Waals surface area contributed by atoms with E-state index in [2.05, 4.69) is 48.8 Å². The Kier molecular flexibility index (Phi) is 2.75. The van der Waals surface area contributed by atoms with E-state index in [1.165, 1.54) is 0 Å². The lowest BCUT2D eigenvalue weighted by Gasteiger charge is -2.37. The molecular formula is C12H26NO+. The number of aliphatic hydroxyl groups is 1. The summed E-state index contributed by atoms with van der Waals surface area (Å²) in [7, 11) is 6.54. The Morgan fingerprint density at radius 1 is 1.07 bits per heavy atom. The first kappa shape index (κ1) is 12.0. The molecule has 0 aliphatic heterocycles. The van der Waals surface area contributed by atoms with Gasteiger partial charge in [0.05, 0.1) is 21.1 Å². The van der Waals surface area contributed by atoms with Crippen LogP contribution in [0.5, 0.6) is 0 Å². The first-order valence-corrected chi connectivity index (χ1v) is 5.59. The lowest BCUT2D eigenvalue weighted by Crippen LogP contribution is -2.53. The van der Waals surface area contributed by atoms with Gasteiger partial charge in [-0.2, -0.15) is 0 Å². The number of likely N-dealkylation sites (N-methyl/N-ethyl adjacent to an activating group) is 1. The highest BCUT2D eigenvalue weighted by atomic mass is 16.3. The van der Waals surface area contributed by atoms with Gasteiger partial charge >= 0.3 is 0 Å². The molecule has 2 nitrogen and oxygen atoms in total. The SMILES string of the molecule is CC1C(C)C(C)(C)[C@@H](O)C1[N+](C)(C)C. The normalized spacial score (nSPS) is 42.9. The van der Waals surface area contributed by atoms with Crippen LogP contribution in [-0.4, -0.2) is 42.9 Å². The molecule has 0 heterocycles. The molecule has 0 saturated heterocycles. The van der Waals surface area contributed by atoms with Gasteiger partial charge in [-0.25, -0.2) is 0 Å². The summed E-state index contributed by atoms with van der Waals surface area (Å²) < 4.78 is 0.857. The minimum atomic E-state index is -0.188. The summed E-state index contributed by atoms with van der Waals surface area (Å²) >= 11 is 0. The summed E-state index contributed by atoms with van der Waals surface area (Å²) in [6.45, 7) is 8.92. The van der Waals surface area contributed by atoms with E-state index in [0.29, 0.717) is 17.9 Å². The Bertz CT molecular complexity index is 217. The molecule has 4 atom stereocenters. The monoisotopic (exact) mass is 200 g/mol. The summed E-state index contributed by atoms with van der Waals surface area (Å²) in [6, 6.07) is 0.361. The number of hydrogen-bond donors (Lipinski definition) is 1. The molecule has 2 heteroatoms. The van der Waals surface area contributed by atoms with Gasteiger partial charge in [-0.15, -0.1) is 0 Å². The van der Waals surface area contributed by atoms with E-state index in [9.17, 15) is 5.11 Å². The summed E-state index contributed by atoms with van der Waals surface area (Å²) in [5.74, 6) is 1.17. The highest BCUT2D eigenvalue weighted by Gasteiger charge is 2.56. The first-order valence-electron chi connectivity index (χ1n) is 5.59. The van der Waals surface area contributed by atoms with Crippen molar-refractivity contribution < 1.29 is 9.59 Å². The second-order valence-electron chi connectivity index (χ2n) is 6.52. The Hall–Kier alpha value is -0.0800. The first-order chi connectivity index (χ1) is 6.10. The van der Waals surface area contributed by atoms with Gasteiger partial charge in [0.25, 0.3) is 0 Å². The van der Waals surface area contributed by atoms with Crippen molar-refractivity contribution >= 4 is 0 Å². The van der Waals surface area contributed by atoms with Crippen LogP contribution in [-0.2, 0) is 0 Å². The fourth-order valence-corrected chi connectivity index (χ4v) is 3.10. The fraction of sp³-hybridized carbons (Fsp3) is 1.00. The third-order valence-corrected chi connectivity index (χ3v) is 4.48. The topological polar surface area (TPSA) is 20.2 Å². The largest absolute Gasteiger partial charge is 0.386 e. The molecule has 0 aromatic carbocycles. The van der Waals surface area contributed by atoms with Gasteiger partial charge < -0.3 is 9.59 Å². The second kappa shape index (κ2) is 3.21. The van der Waals surface area contributed by atoms with Gasteiger partial charge in [0.15, 0.2) is 0 Å².